The van der Waals surface area contributed by atoms with Crippen LogP contribution >= 0.6 is 0 Å². The number of hydrogen-bond donors (Lipinski definition) is 0. The van der Waals surface area contributed by atoms with E-state index in [9.17, 15) is 4.79 Å². The molecule has 3 heterocycles. The number of hydrogen-bond acceptors (Lipinski definition) is 6. The number of pyridine rings is 1. The van der Waals surface area contributed by atoms with Gasteiger partial charge >= 0.3 is 0 Å². The molecule has 0 atom stereocenters. The molecule has 1 amide bonds. The predicted octanol–water partition coefficient (Wildman–Crippen LogP) is 2.70. The van der Waals surface area contributed by atoms with Crippen molar-refractivity contribution >= 4 is 5.91 Å². The van der Waals surface area contributed by atoms with Crippen molar-refractivity contribution in [1.82, 2.24) is 20.0 Å². The van der Waals surface area contributed by atoms with Gasteiger partial charge < -0.3 is 14.2 Å². The van der Waals surface area contributed by atoms with Crippen LogP contribution in [0.2, 0.25) is 0 Å². The minimum absolute atomic E-state index is 0.0900. The quantitative estimate of drug-likeness (QED) is 0.669. The lowest BCUT2D eigenvalue weighted by molar-refractivity contribution is -0.135. The van der Waals surface area contributed by atoms with E-state index in [4.69, 9.17) is 9.26 Å². The van der Waals surface area contributed by atoms with Gasteiger partial charge in [-0.3, -0.25) is 9.78 Å². The smallest absolute Gasteiger partial charge is 0.233 e. The Morgan fingerprint density at radius 3 is 2.78 bits per heavy atom. The van der Waals surface area contributed by atoms with E-state index in [2.05, 4.69) is 15.1 Å². The van der Waals surface area contributed by atoms with Crippen LogP contribution in [0.25, 0.3) is 11.4 Å². The Kier molecular flexibility index (Phi) is 4.82. The number of ether oxygens (including phenoxy) is 1. The van der Waals surface area contributed by atoms with Crippen molar-refractivity contribution in [2.45, 2.75) is 19.3 Å². The van der Waals surface area contributed by atoms with Crippen LogP contribution in [0.1, 0.15) is 24.3 Å². The van der Waals surface area contributed by atoms with Crippen LogP contribution in [0.5, 0.6) is 5.75 Å². The van der Waals surface area contributed by atoms with Gasteiger partial charge in [-0.15, -0.1) is 0 Å². The summed E-state index contributed by atoms with van der Waals surface area (Å²) in [6.45, 7) is 3.78. The maximum atomic E-state index is 12.4. The Morgan fingerprint density at radius 2 is 2.07 bits per heavy atom. The number of likely N-dealkylation sites (tertiary alicyclic amines) is 1. The van der Waals surface area contributed by atoms with Gasteiger partial charge in [-0.05, 0) is 36.8 Å². The molecule has 4 rings (SSSR count). The molecule has 1 saturated heterocycles. The zero-order valence-corrected chi connectivity index (χ0v) is 15.0. The molecule has 0 radical (unpaired) electrons. The van der Waals surface area contributed by atoms with Gasteiger partial charge in [0.1, 0.15) is 5.75 Å². The number of carbonyl (C=O) groups excluding carboxylic acids is 1. The third-order valence-corrected chi connectivity index (χ3v) is 4.53. The van der Waals surface area contributed by atoms with Crippen molar-refractivity contribution in [3.8, 4) is 17.1 Å². The minimum Gasteiger partial charge on any atom is -0.494 e. The molecule has 1 aliphatic rings. The summed E-state index contributed by atoms with van der Waals surface area (Å²) in [6.07, 6.45) is 3.77. The summed E-state index contributed by atoms with van der Waals surface area (Å²) in [4.78, 5) is 22.7. The first-order chi connectivity index (χ1) is 13.2. The van der Waals surface area contributed by atoms with Crippen molar-refractivity contribution < 1.29 is 14.1 Å². The number of rotatable bonds is 6. The molecule has 7 nitrogen and oxygen atoms in total. The fraction of sp³-hybridized carbons (Fsp3) is 0.300. The lowest BCUT2D eigenvalue weighted by atomic mass is 9.98. The summed E-state index contributed by atoms with van der Waals surface area (Å²) in [5.74, 6) is 2.10. The largest absolute Gasteiger partial charge is 0.494 e. The molecule has 138 valence electrons. The van der Waals surface area contributed by atoms with Gasteiger partial charge in [-0.1, -0.05) is 17.3 Å². The molecular formula is C20H20N4O3. The van der Waals surface area contributed by atoms with E-state index in [1.54, 1.807) is 12.4 Å². The van der Waals surface area contributed by atoms with Gasteiger partial charge in [0.2, 0.25) is 17.6 Å². The Balaban J connectivity index is 1.31. The lowest BCUT2D eigenvalue weighted by Gasteiger charge is -2.37. The summed E-state index contributed by atoms with van der Waals surface area (Å²) in [6, 6.07) is 11.4. The highest BCUT2D eigenvalue weighted by atomic mass is 16.5. The van der Waals surface area contributed by atoms with E-state index in [1.807, 2.05) is 48.2 Å². The zero-order chi connectivity index (χ0) is 18.6. The molecule has 0 N–H and O–H groups in total. The molecule has 0 spiro atoms. The van der Waals surface area contributed by atoms with Crippen LogP contribution in [-0.4, -0.2) is 45.6 Å². The minimum atomic E-state index is 0.0900. The van der Waals surface area contributed by atoms with Crippen LogP contribution in [0, 0.1) is 0 Å². The molecule has 0 bridgehead atoms. The highest BCUT2D eigenvalue weighted by Gasteiger charge is 2.35. The van der Waals surface area contributed by atoms with Gasteiger partial charge in [0.25, 0.3) is 0 Å². The second-order valence-corrected chi connectivity index (χ2v) is 6.45. The van der Waals surface area contributed by atoms with E-state index in [-0.39, 0.29) is 11.8 Å². The standard InChI is InChI=1S/C20H20N4O3/c1-2-26-17-7-5-14(6-8-17)10-18(25)24-12-16(13-24)20-22-19(23-27-20)15-4-3-9-21-11-15/h3-9,11,16H,2,10,12-13H2,1H3. The number of benzene rings is 1. The van der Waals surface area contributed by atoms with Crippen molar-refractivity contribution in [2.75, 3.05) is 19.7 Å². The first-order valence-electron chi connectivity index (χ1n) is 8.96. The monoisotopic (exact) mass is 364 g/mol. The maximum absolute atomic E-state index is 12.4. The molecule has 27 heavy (non-hydrogen) atoms. The van der Waals surface area contributed by atoms with Gasteiger partial charge in [0, 0.05) is 31.0 Å². The second-order valence-electron chi connectivity index (χ2n) is 6.45. The Bertz CT molecular complexity index is 902. The Labute approximate surface area is 157 Å². The molecule has 0 unspecified atom stereocenters. The highest BCUT2D eigenvalue weighted by Crippen LogP contribution is 2.28. The lowest BCUT2D eigenvalue weighted by Crippen LogP contribution is -2.49. The summed E-state index contributed by atoms with van der Waals surface area (Å²) in [5.41, 5.74) is 1.79. The summed E-state index contributed by atoms with van der Waals surface area (Å²) in [7, 11) is 0. The molecule has 1 aromatic carbocycles. The van der Waals surface area contributed by atoms with E-state index in [0.717, 1.165) is 16.9 Å². The fourth-order valence-electron chi connectivity index (χ4n) is 3.01. The first kappa shape index (κ1) is 17.2. The number of nitrogens with zero attached hydrogens (tertiary/aromatic N) is 4. The number of aromatic nitrogens is 3. The van der Waals surface area contributed by atoms with Crippen molar-refractivity contribution in [3.05, 3.63) is 60.2 Å². The molecule has 7 heteroatoms. The topological polar surface area (TPSA) is 81.4 Å². The van der Waals surface area contributed by atoms with Crippen LogP contribution < -0.4 is 4.74 Å². The third kappa shape index (κ3) is 3.81. The van der Waals surface area contributed by atoms with Crippen LogP contribution in [0.4, 0.5) is 0 Å². The normalized spacial score (nSPS) is 14.0. The predicted molar refractivity (Wildman–Crippen MR) is 98.2 cm³/mol. The summed E-state index contributed by atoms with van der Waals surface area (Å²) >= 11 is 0. The summed E-state index contributed by atoms with van der Waals surface area (Å²) < 4.78 is 10.8. The highest BCUT2D eigenvalue weighted by molar-refractivity contribution is 5.79. The van der Waals surface area contributed by atoms with E-state index < -0.39 is 0 Å². The second kappa shape index (κ2) is 7.57. The van der Waals surface area contributed by atoms with Crippen LogP contribution in [0.15, 0.2) is 53.3 Å². The molecule has 2 aromatic heterocycles. The van der Waals surface area contributed by atoms with E-state index >= 15 is 0 Å². The van der Waals surface area contributed by atoms with Crippen molar-refractivity contribution in [2.24, 2.45) is 0 Å². The Morgan fingerprint density at radius 1 is 1.26 bits per heavy atom. The van der Waals surface area contributed by atoms with Crippen molar-refractivity contribution in [1.29, 1.82) is 0 Å². The third-order valence-electron chi connectivity index (χ3n) is 4.53. The van der Waals surface area contributed by atoms with E-state index in [0.29, 0.717) is 37.8 Å². The van der Waals surface area contributed by atoms with Gasteiger partial charge in [-0.25, -0.2) is 0 Å². The average molecular weight is 364 g/mol. The molecular weight excluding hydrogens is 344 g/mol. The maximum Gasteiger partial charge on any atom is 0.233 e. The Hall–Kier alpha value is -3.22. The van der Waals surface area contributed by atoms with E-state index in [1.165, 1.54) is 0 Å². The van der Waals surface area contributed by atoms with Crippen LogP contribution in [-0.2, 0) is 11.2 Å². The SMILES string of the molecule is CCOc1ccc(CC(=O)N2CC(c3nc(-c4cccnc4)no3)C2)cc1. The molecule has 3 aromatic rings. The molecule has 0 saturated carbocycles. The molecule has 0 aliphatic carbocycles. The number of carbonyl (C=O) groups is 1. The summed E-state index contributed by atoms with van der Waals surface area (Å²) in [5, 5.41) is 4.01. The van der Waals surface area contributed by atoms with Crippen molar-refractivity contribution in [3.63, 3.8) is 0 Å². The van der Waals surface area contributed by atoms with Crippen LogP contribution in [0.3, 0.4) is 0 Å². The van der Waals surface area contributed by atoms with Gasteiger partial charge in [0.15, 0.2) is 0 Å². The average Bonchev–Trinajstić information content (AvgIpc) is 3.13. The molecule has 1 aliphatic heterocycles. The first-order valence-corrected chi connectivity index (χ1v) is 8.96. The zero-order valence-electron chi connectivity index (χ0n) is 15.0. The molecule has 1 fully saturated rings. The van der Waals surface area contributed by atoms with Gasteiger partial charge in [-0.2, -0.15) is 4.98 Å². The fourth-order valence-corrected chi connectivity index (χ4v) is 3.01. The number of amides is 1. The van der Waals surface area contributed by atoms with Gasteiger partial charge in [0.05, 0.1) is 18.9 Å².